The predicted molar refractivity (Wildman–Crippen MR) is 59.6 cm³/mol. The van der Waals surface area contributed by atoms with E-state index < -0.39 is 0 Å². The van der Waals surface area contributed by atoms with E-state index in [1.165, 1.54) is 0 Å². The van der Waals surface area contributed by atoms with Gasteiger partial charge >= 0.3 is 0 Å². The number of hydrogen-bond acceptors (Lipinski definition) is 3. The molecule has 1 heterocycles. The minimum Gasteiger partial charge on any atom is -0.392 e. The molecule has 2 unspecified atom stereocenters. The Morgan fingerprint density at radius 2 is 2.27 bits per heavy atom. The van der Waals surface area contributed by atoms with Crippen molar-refractivity contribution in [1.29, 1.82) is 0 Å². The lowest BCUT2D eigenvalue weighted by atomic mass is 10.1. The van der Waals surface area contributed by atoms with Crippen LogP contribution >= 0.6 is 0 Å². The maximum absolute atomic E-state index is 12.1. The number of carbonyl (C=O) groups excluding carboxylic acids is 1. The summed E-state index contributed by atoms with van der Waals surface area (Å²) in [6.45, 7) is 7.46. The normalized spacial score (nSPS) is 25.9. The highest BCUT2D eigenvalue weighted by Gasteiger charge is 2.31. The predicted octanol–water partition coefficient (Wildman–Crippen LogP) is 0.356. The van der Waals surface area contributed by atoms with E-state index in [1.54, 1.807) is 0 Å². The van der Waals surface area contributed by atoms with Crippen molar-refractivity contribution in [2.45, 2.75) is 51.8 Å². The lowest BCUT2D eigenvalue weighted by Gasteiger charge is -2.29. The quantitative estimate of drug-likeness (QED) is 0.710. The van der Waals surface area contributed by atoms with Gasteiger partial charge in [-0.2, -0.15) is 0 Å². The third-order valence-corrected chi connectivity index (χ3v) is 2.78. The highest BCUT2D eigenvalue weighted by Crippen LogP contribution is 2.12. The molecule has 1 fully saturated rings. The second-order valence-corrected chi connectivity index (χ2v) is 4.48. The van der Waals surface area contributed by atoms with Gasteiger partial charge in [0.1, 0.15) is 0 Å². The fourth-order valence-electron chi connectivity index (χ4n) is 1.97. The van der Waals surface area contributed by atoms with Gasteiger partial charge in [0.15, 0.2) is 0 Å². The Hall–Kier alpha value is -0.610. The molecular formula is C11H22N2O2. The van der Waals surface area contributed by atoms with Gasteiger partial charge < -0.3 is 15.3 Å². The molecule has 0 aromatic carbocycles. The molecule has 0 aliphatic carbocycles. The summed E-state index contributed by atoms with van der Waals surface area (Å²) in [4.78, 5) is 14.0. The third-order valence-electron chi connectivity index (χ3n) is 2.78. The van der Waals surface area contributed by atoms with E-state index >= 15 is 0 Å². The molecule has 1 aliphatic heterocycles. The Bertz CT molecular complexity index is 219. The largest absolute Gasteiger partial charge is 0.392 e. The van der Waals surface area contributed by atoms with Crippen molar-refractivity contribution < 1.29 is 9.90 Å². The zero-order valence-electron chi connectivity index (χ0n) is 9.86. The fraction of sp³-hybridized carbons (Fsp3) is 0.909. The summed E-state index contributed by atoms with van der Waals surface area (Å²) in [6, 6.07) is 0.0472. The lowest BCUT2D eigenvalue weighted by molar-refractivity contribution is -0.135. The summed E-state index contributed by atoms with van der Waals surface area (Å²) in [6.07, 6.45) is 1.15. The first-order valence-electron chi connectivity index (χ1n) is 5.78. The molecule has 4 heteroatoms. The molecule has 1 aliphatic rings. The van der Waals surface area contributed by atoms with Crippen molar-refractivity contribution in [3.8, 4) is 0 Å². The fourth-order valence-corrected chi connectivity index (χ4v) is 1.97. The average Bonchev–Trinajstić information content (AvgIpc) is 2.59. The van der Waals surface area contributed by atoms with Crippen molar-refractivity contribution >= 4 is 5.91 Å². The van der Waals surface area contributed by atoms with Gasteiger partial charge in [-0.25, -0.2) is 0 Å². The highest BCUT2D eigenvalue weighted by atomic mass is 16.3. The van der Waals surface area contributed by atoms with Crippen LogP contribution in [-0.2, 0) is 4.79 Å². The number of carbonyl (C=O) groups is 1. The second-order valence-electron chi connectivity index (χ2n) is 4.48. The topological polar surface area (TPSA) is 52.6 Å². The van der Waals surface area contributed by atoms with Crippen LogP contribution in [0.25, 0.3) is 0 Å². The number of rotatable bonds is 4. The second kappa shape index (κ2) is 5.47. The van der Waals surface area contributed by atoms with Gasteiger partial charge in [-0.15, -0.1) is 0 Å². The summed E-state index contributed by atoms with van der Waals surface area (Å²) in [5, 5.41) is 12.4. The standard InChI is InChI=1S/C11H22N2O2/c1-4-5-13(8(2)3)11(15)10-6-9(14)7-12-10/h8-10,12,14H,4-7H2,1-3H3. The van der Waals surface area contributed by atoms with E-state index in [1.807, 2.05) is 18.7 Å². The zero-order valence-corrected chi connectivity index (χ0v) is 9.86. The summed E-state index contributed by atoms with van der Waals surface area (Å²) in [5.41, 5.74) is 0. The molecule has 0 saturated carbocycles. The number of nitrogens with one attached hydrogen (secondary N) is 1. The molecule has 1 rings (SSSR count). The van der Waals surface area contributed by atoms with Crippen LogP contribution in [0.4, 0.5) is 0 Å². The van der Waals surface area contributed by atoms with Crippen LogP contribution in [0, 0.1) is 0 Å². The molecule has 0 aromatic heterocycles. The summed E-state index contributed by atoms with van der Waals surface area (Å²) in [5.74, 6) is 0.128. The first-order valence-corrected chi connectivity index (χ1v) is 5.78. The van der Waals surface area contributed by atoms with Gasteiger partial charge in [0.2, 0.25) is 5.91 Å². The molecule has 2 atom stereocenters. The van der Waals surface area contributed by atoms with Gasteiger partial charge in [0, 0.05) is 19.1 Å². The first-order chi connectivity index (χ1) is 7.06. The molecule has 4 nitrogen and oxygen atoms in total. The molecule has 2 N–H and O–H groups in total. The zero-order chi connectivity index (χ0) is 11.4. The van der Waals surface area contributed by atoms with E-state index in [9.17, 15) is 9.90 Å². The Morgan fingerprint density at radius 3 is 2.67 bits per heavy atom. The smallest absolute Gasteiger partial charge is 0.240 e. The molecule has 15 heavy (non-hydrogen) atoms. The molecule has 0 bridgehead atoms. The van der Waals surface area contributed by atoms with Crippen molar-refractivity contribution in [3.63, 3.8) is 0 Å². The van der Waals surface area contributed by atoms with Gasteiger partial charge in [-0.3, -0.25) is 4.79 Å². The van der Waals surface area contributed by atoms with Crippen molar-refractivity contribution in [3.05, 3.63) is 0 Å². The molecule has 0 radical (unpaired) electrons. The van der Waals surface area contributed by atoms with Crippen LogP contribution in [0.5, 0.6) is 0 Å². The monoisotopic (exact) mass is 214 g/mol. The van der Waals surface area contributed by atoms with Crippen LogP contribution < -0.4 is 5.32 Å². The summed E-state index contributed by atoms with van der Waals surface area (Å²) >= 11 is 0. The number of hydrogen-bond donors (Lipinski definition) is 2. The minimum atomic E-state index is -0.366. The summed E-state index contributed by atoms with van der Waals surface area (Å²) < 4.78 is 0. The van der Waals surface area contributed by atoms with Crippen LogP contribution in [0.2, 0.25) is 0 Å². The minimum absolute atomic E-state index is 0.128. The summed E-state index contributed by atoms with van der Waals surface area (Å²) in [7, 11) is 0. The number of nitrogens with zero attached hydrogens (tertiary/aromatic N) is 1. The molecular weight excluding hydrogens is 192 g/mol. The van der Waals surface area contributed by atoms with Gasteiger partial charge in [0.05, 0.1) is 12.1 Å². The number of aliphatic hydroxyl groups is 1. The van der Waals surface area contributed by atoms with Crippen molar-refractivity contribution in [1.82, 2.24) is 10.2 Å². The Kier molecular flexibility index (Phi) is 4.54. The Labute approximate surface area is 91.6 Å². The van der Waals surface area contributed by atoms with Crippen LogP contribution in [0.15, 0.2) is 0 Å². The molecule has 1 amide bonds. The number of amides is 1. The third kappa shape index (κ3) is 3.18. The Morgan fingerprint density at radius 1 is 1.60 bits per heavy atom. The van der Waals surface area contributed by atoms with E-state index in [0.29, 0.717) is 13.0 Å². The molecule has 88 valence electrons. The number of aliphatic hydroxyl groups excluding tert-OH is 1. The van der Waals surface area contributed by atoms with Crippen molar-refractivity contribution in [2.75, 3.05) is 13.1 Å². The molecule has 1 saturated heterocycles. The first kappa shape index (κ1) is 12.5. The van der Waals surface area contributed by atoms with E-state index in [0.717, 1.165) is 13.0 Å². The lowest BCUT2D eigenvalue weighted by Crippen LogP contribution is -2.47. The average molecular weight is 214 g/mol. The maximum Gasteiger partial charge on any atom is 0.240 e. The van der Waals surface area contributed by atoms with Crippen LogP contribution in [0.3, 0.4) is 0 Å². The van der Waals surface area contributed by atoms with Crippen molar-refractivity contribution in [2.24, 2.45) is 0 Å². The van der Waals surface area contributed by atoms with E-state index in [-0.39, 0.29) is 24.1 Å². The maximum atomic E-state index is 12.1. The van der Waals surface area contributed by atoms with Crippen LogP contribution in [0.1, 0.15) is 33.6 Å². The molecule has 0 aromatic rings. The van der Waals surface area contributed by atoms with Gasteiger partial charge in [0.25, 0.3) is 0 Å². The van der Waals surface area contributed by atoms with Gasteiger partial charge in [-0.05, 0) is 26.7 Å². The Balaban J connectivity index is 2.55. The SMILES string of the molecule is CCCN(C(=O)C1CC(O)CN1)C(C)C. The molecule has 0 spiro atoms. The van der Waals surface area contributed by atoms with E-state index in [4.69, 9.17) is 0 Å². The van der Waals surface area contributed by atoms with Gasteiger partial charge in [-0.1, -0.05) is 6.92 Å². The van der Waals surface area contributed by atoms with E-state index in [2.05, 4.69) is 12.2 Å². The number of β-amino-alcohol motifs (C(OH)–C–C–N with tert-alkyl or cyclic N) is 1. The van der Waals surface area contributed by atoms with Crippen LogP contribution in [-0.4, -0.2) is 47.2 Å². The highest BCUT2D eigenvalue weighted by molar-refractivity contribution is 5.82.